The first-order valence-corrected chi connectivity index (χ1v) is 9.20. The number of hydrogen-bond donors (Lipinski definition) is 1. The van der Waals surface area contributed by atoms with Crippen LogP contribution < -0.4 is 10.1 Å². The maximum absolute atomic E-state index is 12.4. The van der Waals surface area contributed by atoms with E-state index in [1.54, 1.807) is 17.5 Å². The van der Waals surface area contributed by atoms with E-state index in [1.165, 1.54) is 0 Å². The van der Waals surface area contributed by atoms with E-state index in [1.807, 2.05) is 19.1 Å². The summed E-state index contributed by atoms with van der Waals surface area (Å²) in [6, 6.07) is 10.1. The molecule has 0 aliphatic rings. The molecule has 1 heterocycles. The van der Waals surface area contributed by atoms with Gasteiger partial charge in [0.05, 0.1) is 28.2 Å². The molecule has 0 unspecified atom stereocenters. The second kappa shape index (κ2) is 8.44. The average molecular weight is 414 g/mol. The molecule has 0 spiro atoms. The third-order valence-corrected chi connectivity index (χ3v) is 4.58. The van der Waals surface area contributed by atoms with E-state index in [-0.39, 0.29) is 10.7 Å². The highest BCUT2D eigenvalue weighted by atomic mass is 32.1. The Balaban J connectivity index is 1.80. The second-order valence-corrected chi connectivity index (χ2v) is 6.52. The van der Waals surface area contributed by atoms with Gasteiger partial charge < -0.3 is 4.74 Å². The highest BCUT2D eigenvalue weighted by Crippen LogP contribution is 2.29. The topological polar surface area (TPSA) is 138 Å². The van der Waals surface area contributed by atoms with Crippen molar-refractivity contribution in [2.75, 3.05) is 11.9 Å². The highest BCUT2D eigenvalue weighted by Gasteiger charge is 2.24. The van der Waals surface area contributed by atoms with Crippen LogP contribution >= 0.6 is 11.3 Å². The number of non-ortho nitro benzene ring substituents is 1. The molecule has 0 saturated carbocycles. The molecule has 2 aromatic carbocycles. The minimum atomic E-state index is -0.838. The van der Waals surface area contributed by atoms with Crippen LogP contribution in [0.25, 0.3) is 11.3 Å². The normalized spacial score (nSPS) is 10.4. The van der Waals surface area contributed by atoms with Gasteiger partial charge in [-0.2, -0.15) is 0 Å². The Morgan fingerprint density at radius 2 is 1.86 bits per heavy atom. The number of nitro benzene ring substituents is 2. The van der Waals surface area contributed by atoms with Crippen LogP contribution in [0.4, 0.5) is 16.5 Å². The summed E-state index contributed by atoms with van der Waals surface area (Å²) in [5, 5.41) is 26.5. The Bertz CT molecular complexity index is 1080. The molecular weight excluding hydrogens is 400 g/mol. The molecule has 0 saturated heterocycles. The van der Waals surface area contributed by atoms with Gasteiger partial charge in [-0.3, -0.25) is 30.3 Å². The van der Waals surface area contributed by atoms with Crippen LogP contribution in [-0.2, 0) is 0 Å². The van der Waals surface area contributed by atoms with E-state index in [0.717, 1.165) is 40.8 Å². The number of nitrogens with one attached hydrogen (secondary N) is 1. The number of hydrogen-bond acceptors (Lipinski definition) is 8. The molecule has 0 aliphatic carbocycles. The van der Waals surface area contributed by atoms with Crippen molar-refractivity contribution in [3.8, 4) is 17.0 Å². The molecule has 0 atom stereocenters. The number of amides is 1. The fraction of sp³-hybridized carbons (Fsp3) is 0.111. The van der Waals surface area contributed by atoms with Crippen molar-refractivity contribution in [1.82, 2.24) is 4.98 Å². The summed E-state index contributed by atoms with van der Waals surface area (Å²) >= 11 is 1.15. The minimum Gasteiger partial charge on any atom is -0.494 e. The summed E-state index contributed by atoms with van der Waals surface area (Å²) in [7, 11) is 0. The SMILES string of the molecule is CCOc1ccc(-c2csc(NC(=O)c3ccc([N+](=O)[O-])cc3[N+](=O)[O-])n2)cc1. The number of benzene rings is 2. The molecule has 10 nitrogen and oxygen atoms in total. The number of carbonyl (C=O) groups excluding carboxylic acids is 1. The van der Waals surface area contributed by atoms with Crippen molar-refractivity contribution in [1.29, 1.82) is 0 Å². The fourth-order valence-corrected chi connectivity index (χ4v) is 3.21. The molecule has 0 bridgehead atoms. The maximum atomic E-state index is 12.4. The van der Waals surface area contributed by atoms with Gasteiger partial charge in [0.25, 0.3) is 17.3 Å². The first kappa shape index (κ1) is 19.9. The number of anilines is 1. The predicted octanol–water partition coefficient (Wildman–Crippen LogP) is 4.28. The first-order chi connectivity index (χ1) is 13.9. The average Bonchev–Trinajstić information content (AvgIpc) is 3.16. The quantitative estimate of drug-likeness (QED) is 0.450. The third kappa shape index (κ3) is 4.52. The van der Waals surface area contributed by atoms with Crippen LogP contribution in [0.2, 0.25) is 0 Å². The summed E-state index contributed by atoms with van der Waals surface area (Å²) < 4.78 is 5.39. The van der Waals surface area contributed by atoms with Crippen LogP contribution in [0, 0.1) is 20.2 Å². The summed E-state index contributed by atoms with van der Waals surface area (Å²) in [5.74, 6) is -0.0512. The lowest BCUT2D eigenvalue weighted by Gasteiger charge is -2.04. The Hall–Kier alpha value is -3.86. The number of rotatable bonds is 7. The van der Waals surface area contributed by atoms with Gasteiger partial charge in [0, 0.05) is 17.0 Å². The Morgan fingerprint density at radius 3 is 2.48 bits per heavy atom. The number of ether oxygens (including phenoxy) is 1. The molecular formula is C18H14N4O6S. The molecule has 0 aliphatic heterocycles. The molecule has 1 N–H and O–H groups in total. The smallest absolute Gasteiger partial charge is 0.289 e. The van der Waals surface area contributed by atoms with E-state index >= 15 is 0 Å². The van der Waals surface area contributed by atoms with Crippen LogP contribution in [0.3, 0.4) is 0 Å². The molecule has 29 heavy (non-hydrogen) atoms. The standard InChI is InChI=1S/C18H14N4O6S/c1-2-28-13-6-3-11(4-7-13)15-10-29-18(19-15)20-17(23)14-8-5-12(21(24)25)9-16(14)22(26)27/h3-10H,2H2,1H3,(H,19,20,23). The second-order valence-electron chi connectivity index (χ2n) is 5.67. The van der Waals surface area contributed by atoms with Crippen LogP contribution in [0.5, 0.6) is 5.75 Å². The zero-order valence-electron chi connectivity index (χ0n) is 15.0. The van der Waals surface area contributed by atoms with Crippen molar-refractivity contribution in [2.45, 2.75) is 6.92 Å². The Morgan fingerprint density at radius 1 is 1.14 bits per heavy atom. The molecule has 1 amide bonds. The van der Waals surface area contributed by atoms with Crippen molar-refractivity contribution < 1.29 is 19.4 Å². The highest BCUT2D eigenvalue weighted by molar-refractivity contribution is 7.14. The van der Waals surface area contributed by atoms with Crippen LogP contribution in [0.1, 0.15) is 17.3 Å². The molecule has 0 fully saturated rings. The summed E-state index contributed by atoms with van der Waals surface area (Å²) in [4.78, 5) is 37.2. The van der Waals surface area contributed by atoms with E-state index in [2.05, 4.69) is 10.3 Å². The van der Waals surface area contributed by atoms with E-state index in [0.29, 0.717) is 12.3 Å². The molecule has 11 heteroatoms. The zero-order valence-corrected chi connectivity index (χ0v) is 15.8. The number of nitrogens with zero attached hydrogens (tertiary/aromatic N) is 3. The lowest BCUT2D eigenvalue weighted by Crippen LogP contribution is -2.14. The number of nitro groups is 2. The number of carbonyl (C=O) groups is 1. The molecule has 1 aromatic heterocycles. The number of aromatic nitrogens is 1. The van der Waals surface area contributed by atoms with E-state index in [9.17, 15) is 25.0 Å². The van der Waals surface area contributed by atoms with Gasteiger partial charge in [-0.05, 0) is 37.3 Å². The lowest BCUT2D eigenvalue weighted by molar-refractivity contribution is -0.394. The minimum absolute atomic E-state index is 0.242. The molecule has 3 aromatic rings. The summed E-state index contributed by atoms with van der Waals surface area (Å²) in [6.07, 6.45) is 0. The van der Waals surface area contributed by atoms with E-state index in [4.69, 9.17) is 4.74 Å². The summed E-state index contributed by atoms with van der Waals surface area (Å²) in [5.41, 5.74) is 0.0109. The molecule has 3 rings (SSSR count). The molecule has 148 valence electrons. The van der Waals surface area contributed by atoms with Gasteiger partial charge in [-0.15, -0.1) is 11.3 Å². The van der Waals surface area contributed by atoms with Crippen molar-refractivity contribution in [3.63, 3.8) is 0 Å². The Labute approximate surface area is 168 Å². The fourth-order valence-electron chi connectivity index (χ4n) is 2.49. The number of thiazole rings is 1. The third-order valence-electron chi connectivity index (χ3n) is 3.82. The van der Waals surface area contributed by atoms with Crippen LogP contribution in [-0.4, -0.2) is 27.3 Å². The summed E-state index contributed by atoms with van der Waals surface area (Å²) in [6.45, 7) is 2.44. The lowest BCUT2D eigenvalue weighted by atomic mass is 10.1. The van der Waals surface area contributed by atoms with Crippen molar-refractivity contribution >= 4 is 33.8 Å². The monoisotopic (exact) mass is 414 g/mol. The molecule has 0 radical (unpaired) electrons. The zero-order chi connectivity index (χ0) is 21.0. The van der Waals surface area contributed by atoms with Gasteiger partial charge >= 0.3 is 0 Å². The maximum Gasteiger partial charge on any atom is 0.289 e. The van der Waals surface area contributed by atoms with Crippen molar-refractivity contribution in [3.05, 3.63) is 73.6 Å². The van der Waals surface area contributed by atoms with Crippen molar-refractivity contribution in [2.24, 2.45) is 0 Å². The van der Waals surface area contributed by atoms with E-state index < -0.39 is 27.1 Å². The van der Waals surface area contributed by atoms with Gasteiger partial charge in [0.2, 0.25) is 0 Å². The van der Waals surface area contributed by atoms with Crippen LogP contribution in [0.15, 0.2) is 47.8 Å². The van der Waals surface area contributed by atoms with Gasteiger partial charge in [-0.1, -0.05) is 0 Å². The van der Waals surface area contributed by atoms with Gasteiger partial charge in [-0.25, -0.2) is 4.98 Å². The Kier molecular flexibility index (Phi) is 5.79. The van der Waals surface area contributed by atoms with Gasteiger partial charge in [0.15, 0.2) is 5.13 Å². The largest absolute Gasteiger partial charge is 0.494 e. The first-order valence-electron chi connectivity index (χ1n) is 8.32. The predicted molar refractivity (Wildman–Crippen MR) is 106 cm³/mol. The van der Waals surface area contributed by atoms with Gasteiger partial charge in [0.1, 0.15) is 11.3 Å².